The molecular formula is C12H18BrNOS. The second-order valence-corrected chi connectivity index (χ2v) is 5.81. The third-order valence-corrected chi connectivity index (χ3v) is 4.32. The zero-order chi connectivity index (χ0) is 12.0. The van der Waals surface area contributed by atoms with Gasteiger partial charge in [-0.25, -0.2) is 0 Å². The Hall–Kier alpha value is -0.0300. The fourth-order valence-corrected chi connectivity index (χ4v) is 3.10. The van der Waals surface area contributed by atoms with Crippen LogP contribution >= 0.6 is 27.7 Å². The molecule has 0 fully saturated rings. The topological polar surface area (TPSA) is 46.2 Å². The summed E-state index contributed by atoms with van der Waals surface area (Å²) in [4.78, 5) is 0. The molecule has 1 aromatic carbocycles. The van der Waals surface area contributed by atoms with E-state index in [1.54, 1.807) is 11.8 Å². The maximum Gasteiger partial charge on any atom is 0.0521 e. The number of aliphatic hydroxyl groups is 1. The highest BCUT2D eigenvalue weighted by molar-refractivity contribution is 9.10. The average molecular weight is 304 g/mol. The van der Waals surface area contributed by atoms with E-state index in [0.717, 1.165) is 16.6 Å². The van der Waals surface area contributed by atoms with E-state index in [9.17, 15) is 0 Å². The smallest absolute Gasteiger partial charge is 0.0521 e. The van der Waals surface area contributed by atoms with Crippen molar-refractivity contribution in [1.29, 1.82) is 0 Å². The molecule has 0 saturated carbocycles. The summed E-state index contributed by atoms with van der Waals surface area (Å²) in [6, 6.07) is 8.36. The SMILES string of the molecule is CCC(N)C(SCCO)c1cccc(Br)c1. The van der Waals surface area contributed by atoms with Crippen LogP contribution < -0.4 is 5.73 Å². The third kappa shape index (κ3) is 4.09. The van der Waals surface area contributed by atoms with Crippen molar-refractivity contribution in [3.05, 3.63) is 34.3 Å². The van der Waals surface area contributed by atoms with Crippen molar-refractivity contribution >= 4 is 27.7 Å². The van der Waals surface area contributed by atoms with Crippen LogP contribution in [0.15, 0.2) is 28.7 Å². The Bertz CT molecular complexity index is 322. The molecule has 0 aromatic heterocycles. The average Bonchev–Trinajstić information content (AvgIpc) is 2.29. The lowest BCUT2D eigenvalue weighted by Crippen LogP contribution is -2.26. The fraction of sp³-hybridized carbons (Fsp3) is 0.500. The van der Waals surface area contributed by atoms with E-state index in [0.29, 0.717) is 0 Å². The second kappa shape index (κ2) is 7.33. The summed E-state index contributed by atoms with van der Waals surface area (Å²) in [7, 11) is 0. The number of hydrogen-bond donors (Lipinski definition) is 2. The van der Waals surface area contributed by atoms with E-state index in [-0.39, 0.29) is 17.9 Å². The Morgan fingerprint density at radius 2 is 2.25 bits per heavy atom. The van der Waals surface area contributed by atoms with Crippen LogP contribution in [0.1, 0.15) is 24.2 Å². The highest BCUT2D eigenvalue weighted by Gasteiger charge is 2.18. The maximum atomic E-state index is 8.90. The summed E-state index contributed by atoms with van der Waals surface area (Å²) in [5.74, 6) is 0.727. The van der Waals surface area contributed by atoms with Crippen LogP contribution in [0, 0.1) is 0 Å². The highest BCUT2D eigenvalue weighted by Crippen LogP contribution is 2.33. The Kier molecular flexibility index (Phi) is 6.43. The number of halogens is 1. The summed E-state index contributed by atoms with van der Waals surface area (Å²) in [5.41, 5.74) is 7.35. The number of thioether (sulfide) groups is 1. The molecule has 0 aliphatic rings. The maximum absolute atomic E-state index is 8.90. The van der Waals surface area contributed by atoms with Gasteiger partial charge in [-0.2, -0.15) is 0 Å². The second-order valence-electron chi connectivity index (χ2n) is 3.64. The van der Waals surface area contributed by atoms with Gasteiger partial charge in [0.15, 0.2) is 0 Å². The first-order valence-electron chi connectivity index (χ1n) is 5.42. The van der Waals surface area contributed by atoms with Gasteiger partial charge in [0.05, 0.1) is 6.61 Å². The van der Waals surface area contributed by atoms with Gasteiger partial charge in [-0.1, -0.05) is 35.0 Å². The van der Waals surface area contributed by atoms with Crippen LogP contribution in [-0.4, -0.2) is 23.5 Å². The molecule has 4 heteroatoms. The summed E-state index contributed by atoms with van der Waals surface area (Å²) >= 11 is 5.19. The lowest BCUT2D eigenvalue weighted by Gasteiger charge is -2.22. The normalized spacial score (nSPS) is 14.8. The van der Waals surface area contributed by atoms with Gasteiger partial charge in [-0.05, 0) is 24.1 Å². The predicted molar refractivity (Wildman–Crippen MR) is 74.7 cm³/mol. The molecule has 90 valence electrons. The predicted octanol–water partition coefficient (Wildman–Crippen LogP) is 2.95. The molecule has 0 aliphatic carbocycles. The van der Waals surface area contributed by atoms with Crippen molar-refractivity contribution < 1.29 is 5.11 Å². The summed E-state index contributed by atoms with van der Waals surface area (Å²) < 4.78 is 1.07. The first-order valence-corrected chi connectivity index (χ1v) is 7.26. The van der Waals surface area contributed by atoms with Crippen molar-refractivity contribution in [2.75, 3.05) is 12.4 Å². The molecule has 0 radical (unpaired) electrons. The number of nitrogens with two attached hydrogens (primary N) is 1. The minimum atomic E-state index is 0.130. The van der Waals surface area contributed by atoms with Crippen molar-refractivity contribution in [3.8, 4) is 0 Å². The molecule has 0 spiro atoms. The third-order valence-electron chi connectivity index (χ3n) is 2.43. The van der Waals surface area contributed by atoms with Crippen LogP contribution in [0.4, 0.5) is 0 Å². The van der Waals surface area contributed by atoms with E-state index in [2.05, 4.69) is 35.0 Å². The Morgan fingerprint density at radius 3 is 2.81 bits per heavy atom. The van der Waals surface area contributed by atoms with Gasteiger partial charge in [0.2, 0.25) is 0 Å². The molecule has 1 aromatic rings. The van der Waals surface area contributed by atoms with E-state index in [4.69, 9.17) is 10.8 Å². The van der Waals surface area contributed by atoms with Gasteiger partial charge in [-0.3, -0.25) is 0 Å². The van der Waals surface area contributed by atoms with Crippen molar-refractivity contribution in [1.82, 2.24) is 0 Å². The molecule has 0 saturated heterocycles. The van der Waals surface area contributed by atoms with Crippen LogP contribution in [-0.2, 0) is 0 Å². The molecule has 0 heterocycles. The van der Waals surface area contributed by atoms with E-state index >= 15 is 0 Å². The Labute approximate surface area is 110 Å². The zero-order valence-corrected chi connectivity index (χ0v) is 11.8. The molecule has 0 bridgehead atoms. The molecule has 0 aliphatic heterocycles. The van der Waals surface area contributed by atoms with Gasteiger partial charge in [-0.15, -0.1) is 11.8 Å². The standard InChI is InChI=1S/C12H18BrNOS/c1-2-11(14)12(16-7-6-15)9-4-3-5-10(13)8-9/h3-5,8,11-12,15H,2,6-7,14H2,1H3. The number of aliphatic hydroxyl groups excluding tert-OH is 1. The van der Waals surface area contributed by atoms with Crippen molar-refractivity contribution in [2.45, 2.75) is 24.6 Å². The van der Waals surface area contributed by atoms with Crippen molar-refractivity contribution in [3.63, 3.8) is 0 Å². The summed E-state index contributed by atoms with van der Waals surface area (Å²) in [5, 5.41) is 9.16. The van der Waals surface area contributed by atoms with Gasteiger partial charge in [0.25, 0.3) is 0 Å². The quantitative estimate of drug-likeness (QED) is 0.849. The fourth-order valence-electron chi connectivity index (χ4n) is 1.54. The molecule has 2 nitrogen and oxygen atoms in total. The first kappa shape index (κ1) is 14.0. The molecule has 0 amide bonds. The van der Waals surface area contributed by atoms with E-state index in [1.807, 2.05) is 12.1 Å². The van der Waals surface area contributed by atoms with Gasteiger partial charge < -0.3 is 10.8 Å². The molecule has 2 atom stereocenters. The minimum absolute atomic E-state index is 0.130. The highest BCUT2D eigenvalue weighted by atomic mass is 79.9. The summed E-state index contributed by atoms with van der Waals surface area (Å²) in [6.07, 6.45) is 0.940. The molecule has 1 rings (SSSR count). The minimum Gasteiger partial charge on any atom is -0.396 e. The summed E-state index contributed by atoms with van der Waals surface area (Å²) in [6.45, 7) is 2.29. The van der Waals surface area contributed by atoms with E-state index in [1.165, 1.54) is 5.56 Å². The van der Waals surface area contributed by atoms with Crippen molar-refractivity contribution in [2.24, 2.45) is 5.73 Å². The first-order chi connectivity index (χ1) is 7.69. The monoisotopic (exact) mass is 303 g/mol. The van der Waals surface area contributed by atoms with E-state index < -0.39 is 0 Å². The molecule has 16 heavy (non-hydrogen) atoms. The number of rotatable bonds is 6. The van der Waals surface area contributed by atoms with Gasteiger partial charge in [0.1, 0.15) is 0 Å². The molecule has 3 N–H and O–H groups in total. The Morgan fingerprint density at radius 1 is 1.50 bits per heavy atom. The Balaban J connectivity index is 2.82. The van der Waals surface area contributed by atoms with Gasteiger partial charge in [0, 0.05) is 21.5 Å². The van der Waals surface area contributed by atoms with Crippen LogP contribution in [0.2, 0.25) is 0 Å². The number of benzene rings is 1. The molecule has 2 unspecified atom stereocenters. The van der Waals surface area contributed by atoms with Crippen LogP contribution in [0.3, 0.4) is 0 Å². The van der Waals surface area contributed by atoms with Crippen LogP contribution in [0.25, 0.3) is 0 Å². The lowest BCUT2D eigenvalue weighted by atomic mass is 10.0. The molecular weight excluding hydrogens is 286 g/mol. The zero-order valence-electron chi connectivity index (χ0n) is 9.40. The van der Waals surface area contributed by atoms with Crippen LogP contribution in [0.5, 0.6) is 0 Å². The number of hydrogen-bond acceptors (Lipinski definition) is 3. The lowest BCUT2D eigenvalue weighted by molar-refractivity contribution is 0.322. The van der Waals surface area contributed by atoms with Gasteiger partial charge >= 0.3 is 0 Å². The largest absolute Gasteiger partial charge is 0.396 e.